The third-order valence-electron chi connectivity index (χ3n) is 4.19. The number of guanidine groups is 1. The van der Waals surface area contributed by atoms with Gasteiger partial charge in [-0.1, -0.05) is 30.7 Å². The predicted octanol–water partition coefficient (Wildman–Crippen LogP) is 2.57. The van der Waals surface area contributed by atoms with E-state index >= 15 is 0 Å². The van der Waals surface area contributed by atoms with Gasteiger partial charge in [0.2, 0.25) is 5.91 Å². The van der Waals surface area contributed by atoms with E-state index in [1.54, 1.807) is 7.05 Å². The van der Waals surface area contributed by atoms with Crippen LogP contribution in [-0.2, 0) is 4.79 Å². The summed E-state index contributed by atoms with van der Waals surface area (Å²) >= 11 is 6.29. The van der Waals surface area contributed by atoms with Crippen molar-refractivity contribution in [3.63, 3.8) is 0 Å². The van der Waals surface area contributed by atoms with Gasteiger partial charge in [-0.05, 0) is 18.6 Å². The highest BCUT2D eigenvalue weighted by molar-refractivity contribution is 14.0. The number of amides is 1. The molecule has 1 aliphatic heterocycles. The van der Waals surface area contributed by atoms with Gasteiger partial charge in [-0.15, -0.1) is 24.0 Å². The molecule has 26 heavy (non-hydrogen) atoms. The second-order valence-electron chi connectivity index (χ2n) is 6.00. The highest BCUT2D eigenvalue weighted by Gasteiger charge is 2.20. The fourth-order valence-corrected chi connectivity index (χ4v) is 3.10. The van der Waals surface area contributed by atoms with Gasteiger partial charge in [-0.2, -0.15) is 0 Å². The fourth-order valence-electron chi connectivity index (χ4n) is 2.84. The third-order valence-corrected chi connectivity index (χ3v) is 4.51. The molecule has 1 saturated heterocycles. The van der Waals surface area contributed by atoms with Crippen molar-refractivity contribution in [2.24, 2.45) is 4.99 Å². The number of para-hydroxylation sites is 1. The molecule has 0 atom stereocenters. The molecule has 1 amide bonds. The van der Waals surface area contributed by atoms with Crippen molar-refractivity contribution in [2.75, 3.05) is 51.2 Å². The standard InChI is InChI=1S/C18H28ClN5O.HI/c1-3-9-21-17(25)8-10-22-18(20-2)24-13-11-23(12-14-24)16-7-5-4-6-15(16)19;/h4-7H,3,8-14H2,1-2H3,(H,20,22)(H,21,25);1H. The van der Waals surface area contributed by atoms with Crippen molar-refractivity contribution in [1.82, 2.24) is 15.5 Å². The minimum atomic E-state index is 0. The Kier molecular flexibility index (Phi) is 10.7. The SMILES string of the molecule is CCCNC(=O)CCNC(=NC)N1CCN(c2ccccc2Cl)CC1.I. The summed E-state index contributed by atoms with van der Waals surface area (Å²) in [5.74, 6) is 0.926. The Balaban J connectivity index is 0.00000338. The van der Waals surface area contributed by atoms with Crippen LogP contribution in [0.1, 0.15) is 19.8 Å². The lowest BCUT2D eigenvalue weighted by atomic mass is 10.2. The second-order valence-corrected chi connectivity index (χ2v) is 6.41. The van der Waals surface area contributed by atoms with Crippen LogP contribution < -0.4 is 15.5 Å². The molecule has 1 heterocycles. The van der Waals surface area contributed by atoms with E-state index in [0.717, 1.165) is 55.8 Å². The highest BCUT2D eigenvalue weighted by atomic mass is 127. The Hall–Kier alpha value is -1.22. The van der Waals surface area contributed by atoms with Crippen LogP contribution in [0.3, 0.4) is 0 Å². The number of carbonyl (C=O) groups excluding carboxylic acids is 1. The lowest BCUT2D eigenvalue weighted by molar-refractivity contribution is -0.120. The average Bonchev–Trinajstić information content (AvgIpc) is 2.64. The molecule has 2 rings (SSSR count). The largest absolute Gasteiger partial charge is 0.367 e. The van der Waals surface area contributed by atoms with Crippen LogP contribution in [0.15, 0.2) is 29.3 Å². The van der Waals surface area contributed by atoms with Crippen molar-refractivity contribution in [3.8, 4) is 0 Å². The van der Waals surface area contributed by atoms with E-state index in [1.165, 1.54) is 0 Å². The van der Waals surface area contributed by atoms with E-state index in [2.05, 4.69) is 31.5 Å². The first-order valence-corrected chi connectivity index (χ1v) is 9.25. The molecule has 2 N–H and O–H groups in total. The van der Waals surface area contributed by atoms with Gasteiger partial charge < -0.3 is 20.4 Å². The van der Waals surface area contributed by atoms with Gasteiger partial charge in [0.25, 0.3) is 0 Å². The molecule has 0 saturated carbocycles. The molecule has 6 nitrogen and oxygen atoms in total. The minimum Gasteiger partial charge on any atom is -0.367 e. The van der Waals surface area contributed by atoms with Crippen LogP contribution in [0.25, 0.3) is 0 Å². The first-order valence-electron chi connectivity index (χ1n) is 8.87. The number of halogens is 2. The summed E-state index contributed by atoms with van der Waals surface area (Å²) in [7, 11) is 1.78. The monoisotopic (exact) mass is 493 g/mol. The van der Waals surface area contributed by atoms with Crippen LogP contribution >= 0.6 is 35.6 Å². The molecule has 0 spiro atoms. The van der Waals surface area contributed by atoms with Gasteiger partial charge in [-0.25, -0.2) is 0 Å². The second kappa shape index (κ2) is 12.2. The number of nitrogens with one attached hydrogen (secondary N) is 2. The van der Waals surface area contributed by atoms with Crippen LogP contribution in [0.5, 0.6) is 0 Å². The predicted molar refractivity (Wildman–Crippen MR) is 120 cm³/mol. The van der Waals surface area contributed by atoms with Gasteiger partial charge in [-0.3, -0.25) is 9.79 Å². The summed E-state index contributed by atoms with van der Waals surface area (Å²) in [5, 5.41) is 6.95. The molecule has 0 bridgehead atoms. The number of hydrogen-bond acceptors (Lipinski definition) is 3. The molecular formula is C18H29ClIN5O. The van der Waals surface area contributed by atoms with Crippen LogP contribution in [0, 0.1) is 0 Å². The van der Waals surface area contributed by atoms with E-state index in [0.29, 0.717) is 13.0 Å². The number of carbonyl (C=O) groups is 1. The van der Waals surface area contributed by atoms with Crippen molar-refractivity contribution in [1.29, 1.82) is 0 Å². The van der Waals surface area contributed by atoms with Crippen LogP contribution in [-0.4, -0.2) is 63.1 Å². The van der Waals surface area contributed by atoms with E-state index in [-0.39, 0.29) is 29.9 Å². The molecule has 0 radical (unpaired) electrons. The van der Waals surface area contributed by atoms with Gasteiger partial charge in [0.15, 0.2) is 5.96 Å². The zero-order valence-corrected chi connectivity index (χ0v) is 18.6. The maximum absolute atomic E-state index is 11.7. The van der Waals surface area contributed by atoms with Crippen molar-refractivity contribution >= 4 is 53.1 Å². The molecule has 0 aromatic heterocycles. The van der Waals surface area contributed by atoms with Gasteiger partial charge in [0.1, 0.15) is 0 Å². The molecule has 8 heteroatoms. The molecule has 1 aliphatic rings. The highest BCUT2D eigenvalue weighted by Crippen LogP contribution is 2.25. The quantitative estimate of drug-likeness (QED) is 0.363. The maximum Gasteiger partial charge on any atom is 0.221 e. The summed E-state index contributed by atoms with van der Waals surface area (Å²) in [6.07, 6.45) is 1.41. The van der Waals surface area contributed by atoms with Crippen LogP contribution in [0.2, 0.25) is 5.02 Å². The number of rotatable bonds is 6. The van der Waals surface area contributed by atoms with E-state index in [9.17, 15) is 4.79 Å². The maximum atomic E-state index is 11.7. The molecule has 1 aromatic rings. The van der Waals surface area contributed by atoms with E-state index in [1.807, 2.05) is 25.1 Å². The number of aliphatic imine (C=N–C) groups is 1. The topological polar surface area (TPSA) is 60.0 Å². The number of hydrogen-bond donors (Lipinski definition) is 2. The first-order chi connectivity index (χ1) is 12.2. The van der Waals surface area contributed by atoms with E-state index < -0.39 is 0 Å². The van der Waals surface area contributed by atoms with Crippen LogP contribution in [0.4, 0.5) is 5.69 Å². The Morgan fingerprint density at radius 3 is 2.46 bits per heavy atom. The molecule has 1 fully saturated rings. The van der Waals surface area contributed by atoms with Crippen molar-refractivity contribution in [2.45, 2.75) is 19.8 Å². The average molecular weight is 494 g/mol. The number of piperazine rings is 1. The van der Waals surface area contributed by atoms with Gasteiger partial charge in [0, 0.05) is 52.7 Å². The number of anilines is 1. The minimum absolute atomic E-state index is 0. The molecule has 146 valence electrons. The van der Waals surface area contributed by atoms with Crippen molar-refractivity contribution < 1.29 is 4.79 Å². The normalized spacial score (nSPS) is 14.7. The number of benzene rings is 1. The summed E-state index contributed by atoms with van der Waals surface area (Å²) in [6, 6.07) is 7.94. The van der Waals surface area contributed by atoms with E-state index in [4.69, 9.17) is 11.6 Å². The lowest BCUT2D eigenvalue weighted by Gasteiger charge is -2.38. The smallest absolute Gasteiger partial charge is 0.221 e. The number of nitrogens with zero attached hydrogens (tertiary/aromatic N) is 3. The molecule has 0 aliphatic carbocycles. The Morgan fingerprint density at radius 2 is 1.85 bits per heavy atom. The van der Waals surface area contributed by atoms with Gasteiger partial charge >= 0.3 is 0 Å². The molecule has 0 unspecified atom stereocenters. The van der Waals surface area contributed by atoms with Crippen molar-refractivity contribution in [3.05, 3.63) is 29.3 Å². The lowest BCUT2D eigenvalue weighted by Crippen LogP contribution is -2.53. The zero-order chi connectivity index (χ0) is 18.1. The zero-order valence-electron chi connectivity index (χ0n) is 15.5. The Bertz CT molecular complexity index is 591. The Morgan fingerprint density at radius 1 is 1.15 bits per heavy atom. The summed E-state index contributed by atoms with van der Waals surface area (Å²) in [5.41, 5.74) is 1.08. The summed E-state index contributed by atoms with van der Waals surface area (Å²) < 4.78 is 0. The Labute approximate surface area is 178 Å². The summed E-state index contributed by atoms with van der Waals surface area (Å²) in [6.45, 7) is 6.88. The third kappa shape index (κ3) is 6.83. The van der Waals surface area contributed by atoms with Gasteiger partial charge in [0.05, 0.1) is 10.7 Å². The summed E-state index contributed by atoms with van der Waals surface area (Å²) in [4.78, 5) is 20.5. The fraction of sp³-hybridized carbons (Fsp3) is 0.556. The first kappa shape index (κ1) is 22.8. The molecular weight excluding hydrogens is 465 g/mol. The molecule has 1 aromatic carbocycles.